The second-order valence-corrected chi connectivity index (χ2v) is 7.38. The molecule has 0 saturated carbocycles. The lowest BCUT2D eigenvalue weighted by atomic mass is 10.2. The molecule has 0 bridgehead atoms. The molecule has 0 aromatic heterocycles. The molecular formula is C19H21O2P. The monoisotopic (exact) mass is 312 g/mol. The fourth-order valence-electron chi connectivity index (χ4n) is 2.44. The fraction of sp³-hybridized carbons (Fsp3) is 0.211. The Morgan fingerprint density at radius 2 is 1.41 bits per heavy atom. The van der Waals surface area contributed by atoms with Crippen LogP contribution >= 0.6 is 7.92 Å². The van der Waals surface area contributed by atoms with Crippen LogP contribution in [-0.2, 0) is 4.79 Å². The summed E-state index contributed by atoms with van der Waals surface area (Å²) in [5.41, 5.74) is 0.487. The first-order valence-corrected chi connectivity index (χ1v) is 8.82. The van der Waals surface area contributed by atoms with E-state index >= 15 is 0 Å². The first-order valence-electron chi connectivity index (χ1n) is 7.48. The highest BCUT2D eigenvalue weighted by atomic mass is 31.1. The van der Waals surface area contributed by atoms with E-state index in [0.717, 1.165) is 18.2 Å². The van der Waals surface area contributed by atoms with Crippen LogP contribution in [0, 0.1) is 0 Å². The summed E-state index contributed by atoms with van der Waals surface area (Å²) >= 11 is 0. The summed E-state index contributed by atoms with van der Waals surface area (Å²) in [6.07, 6.45) is 1.76. The van der Waals surface area contributed by atoms with Crippen molar-refractivity contribution in [1.82, 2.24) is 0 Å². The maximum absolute atomic E-state index is 11.5. The summed E-state index contributed by atoms with van der Waals surface area (Å²) in [7, 11) is -0.793. The number of carboxylic acid groups (broad SMARTS) is 1. The molecule has 0 radical (unpaired) electrons. The van der Waals surface area contributed by atoms with E-state index in [1.165, 1.54) is 10.6 Å². The van der Waals surface area contributed by atoms with Gasteiger partial charge < -0.3 is 5.11 Å². The van der Waals surface area contributed by atoms with Gasteiger partial charge in [0, 0.05) is 5.57 Å². The van der Waals surface area contributed by atoms with Crippen LogP contribution in [-0.4, -0.2) is 11.1 Å². The van der Waals surface area contributed by atoms with Gasteiger partial charge in [-0.1, -0.05) is 74.0 Å². The minimum absolute atomic E-state index is 0.487. The quantitative estimate of drug-likeness (QED) is 0.638. The van der Waals surface area contributed by atoms with Crippen molar-refractivity contribution in [2.45, 2.75) is 26.7 Å². The Balaban J connectivity index is 2.62. The van der Waals surface area contributed by atoms with E-state index in [1.807, 2.05) is 36.4 Å². The second kappa shape index (κ2) is 7.91. The van der Waals surface area contributed by atoms with Gasteiger partial charge in [0.25, 0.3) is 0 Å². The lowest BCUT2D eigenvalue weighted by molar-refractivity contribution is -0.132. The third kappa shape index (κ3) is 3.84. The molecule has 2 aromatic carbocycles. The molecule has 0 atom stereocenters. The van der Waals surface area contributed by atoms with E-state index in [4.69, 9.17) is 0 Å². The first-order chi connectivity index (χ1) is 10.6. The number of carboxylic acids is 1. The van der Waals surface area contributed by atoms with Gasteiger partial charge in [0.1, 0.15) is 0 Å². The van der Waals surface area contributed by atoms with Gasteiger partial charge in [0.05, 0.1) is 0 Å². The van der Waals surface area contributed by atoms with Gasteiger partial charge in [-0.3, -0.25) is 0 Å². The van der Waals surface area contributed by atoms with Crippen molar-refractivity contribution in [3.63, 3.8) is 0 Å². The lowest BCUT2D eigenvalue weighted by Gasteiger charge is -2.23. The molecule has 3 heteroatoms. The standard InChI is InChI=1S/C19H21O2P/c1-3-10-18(15(2)19(20)21)22(16-11-6-4-7-12-16)17-13-8-5-9-14-17/h4-9,11-14H,3,10H2,1-2H3,(H,20,21). The number of hydrogen-bond acceptors (Lipinski definition) is 1. The maximum Gasteiger partial charge on any atom is 0.331 e. The summed E-state index contributed by atoms with van der Waals surface area (Å²) < 4.78 is 0. The minimum atomic E-state index is -0.817. The number of hydrogen-bond donors (Lipinski definition) is 1. The zero-order valence-corrected chi connectivity index (χ0v) is 13.9. The highest BCUT2D eigenvalue weighted by Gasteiger charge is 2.22. The number of benzene rings is 2. The maximum atomic E-state index is 11.5. The molecule has 0 unspecified atom stereocenters. The summed E-state index contributed by atoms with van der Waals surface area (Å²) in [5.74, 6) is -0.817. The Bertz CT molecular complexity index is 608. The van der Waals surface area contributed by atoms with Crippen LogP contribution in [0.25, 0.3) is 0 Å². The molecule has 22 heavy (non-hydrogen) atoms. The third-order valence-electron chi connectivity index (χ3n) is 3.54. The van der Waals surface area contributed by atoms with Crippen LogP contribution < -0.4 is 10.6 Å². The molecule has 0 saturated heterocycles. The first kappa shape index (κ1) is 16.5. The van der Waals surface area contributed by atoms with Gasteiger partial charge in [-0.2, -0.15) is 0 Å². The molecule has 2 nitrogen and oxygen atoms in total. The van der Waals surface area contributed by atoms with Crippen LogP contribution in [0.5, 0.6) is 0 Å². The van der Waals surface area contributed by atoms with Gasteiger partial charge >= 0.3 is 5.97 Å². The molecule has 0 fully saturated rings. The molecule has 114 valence electrons. The van der Waals surface area contributed by atoms with E-state index in [-0.39, 0.29) is 0 Å². The molecular weight excluding hydrogens is 291 g/mol. The average Bonchev–Trinajstić information content (AvgIpc) is 2.55. The highest BCUT2D eigenvalue weighted by Crippen LogP contribution is 2.46. The van der Waals surface area contributed by atoms with E-state index in [2.05, 4.69) is 31.2 Å². The van der Waals surface area contributed by atoms with Crippen molar-refractivity contribution < 1.29 is 9.90 Å². The summed E-state index contributed by atoms with van der Waals surface area (Å²) in [6.45, 7) is 3.83. The minimum Gasteiger partial charge on any atom is -0.478 e. The normalized spacial score (nSPS) is 12.1. The summed E-state index contributed by atoms with van der Waals surface area (Å²) in [4.78, 5) is 11.5. The zero-order chi connectivity index (χ0) is 15.9. The van der Waals surface area contributed by atoms with Gasteiger partial charge in [0.2, 0.25) is 0 Å². The summed E-state index contributed by atoms with van der Waals surface area (Å²) in [5, 5.41) is 12.9. The van der Waals surface area contributed by atoms with Crippen molar-refractivity contribution in [3.05, 3.63) is 71.6 Å². The zero-order valence-electron chi connectivity index (χ0n) is 13.0. The molecule has 0 spiro atoms. The van der Waals surface area contributed by atoms with E-state index < -0.39 is 13.9 Å². The Morgan fingerprint density at radius 3 is 1.77 bits per heavy atom. The Morgan fingerprint density at radius 1 is 0.955 bits per heavy atom. The van der Waals surface area contributed by atoms with Gasteiger partial charge in [0.15, 0.2) is 0 Å². The van der Waals surface area contributed by atoms with Crippen LogP contribution in [0.3, 0.4) is 0 Å². The Kier molecular flexibility index (Phi) is 5.91. The molecule has 0 aliphatic heterocycles. The Labute approximate surface area is 133 Å². The SMILES string of the molecule is CCCC(=C(C)C(=O)O)P(c1ccccc1)c1ccccc1. The lowest BCUT2D eigenvalue weighted by Crippen LogP contribution is -2.15. The van der Waals surface area contributed by atoms with E-state index in [9.17, 15) is 9.90 Å². The highest BCUT2D eigenvalue weighted by molar-refractivity contribution is 7.76. The van der Waals surface area contributed by atoms with Crippen molar-refractivity contribution in [2.75, 3.05) is 0 Å². The molecule has 0 aliphatic carbocycles. The van der Waals surface area contributed by atoms with Crippen LogP contribution in [0.15, 0.2) is 71.6 Å². The molecule has 2 aromatic rings. The van der Waals surface area contributed by atoms with E-state index in [0.29, 0.717) is 5.57 Å². The number of aliphatic carboxylic acids is 1. The number of rotatable bonds is 6. The molecule has 0 amide bonds. The molecule has 0 aliphatic rings. The van der Waals surface area contributed by atoms with Gasteiger partial charge in [-0.15, -0.1) is 0 Å². The van der Waals surface area contributed by atoms with Crippen molar-refractivity contribution in [1.29, 1.82) is 0 Å². The van der Waals surface area contributed by atoms with Crippen molar-refractivity contribution in [2.24, 2.45) is 0 Å². The van der Waals surface area contributed by atoms with Crippen LogP contribution in [0.4, 0.5) is 0 Å². The van der Waals surface area contributed by atoms with Crippen LogP contribution in [0.1, 0.15) is 26.7 Å². The number of carbonyl (C=O) groups is 1. The predicted octanol–water partition coefficient (Wildman–Crippen LogP) is 4.28. The largest absolute Gasteiger partial charge is 0.478 e. The summed E-state index contributed by atoms with van der Waals surface area (Å²) in [6, 6.07) is 20.5. The van der Waals surface area contributed by atoms with E-state index in [1.54, 1.807) is 6.92 Å². The van der Waals surface area contributed by atoms with Crippen LogP contribution in [0.2, 0.25) is 0 Å². The smallest absolute Gasteiger partial charge is 0.331 e. The van der Waals surface area contributed by atoms with Crippen molar-refractivity contribution >= 4 is 24.5 Å². The predicted molar refractivity (Wildman–Crippen MR) is 94.3 cm³/mol. The molecule has 2 rings (SSSR count). The fourth-order valence-corrected chi connectivity index (χ4v) is 5.18. The second-order valence-electron chi connectivity index (χ2n) is 5.13. The molecule has 1 N–H and O–H groups in total. The van der Waals surface area contributed by atoms with Gasteiger partial charge in [-0.05, 0) is 37.2 Å². The van der Waals surface area contributed by atoms with Gasteiger partial charge in [-0.25, -0.2) is 4.79 Å². The third-order valence-corrected chi connectivity index (χ3v) is 6.27. The topological polar surface area (TPSA) is 37.3 Å². The average molecular weight is 312 g/mol. The molecule has 0 heterocycles. The number of allylic oxidation sites excluding steroid dienone is 1. The van der Waals surface area contributed by atoms with Crippen molar-refractivity contribution in [3.8, 4) is 0 Å². The Hall–Kier alpha value is -1.92.